The van der Waals surface area contributed by atoms with Gasteiger partial charge in [0, 0.05) is 11.5 Å². The zero-order chi connectivity index (χ0) is 10.8. The molecule has 3 aromatic rings. The molecule has 0 amide bonds. The molecule has 0 fully saturated rings. The second kappa shape index (κ2) is 3.66. The van der Waals surface area contributed by atoms with Crippen molar-refractivity contribution in [3.63, 3.8) is 0 Å². The monoisotopic (exact) mass is 212 g/mol. The van der Waals surface area contributed by atoms with Gasteiger partial charge in [0.1, 0.15) is 11.3 Å². The highest BCUT2D eigenvalue weighted by molar-refractivity contribution is 5.81. The predicted octanol–water partition coefficient (Wildman–Crippen LogP) is 2.99. The molecule has 1 aromatic carbocycles. The van der Waals surface area contributed by atoms with Crippen molar-refractivity contribution in [1.29, 1.82) is 0 Å². The molecular weight excluding hydrogens is 204 g/mol. The lowest BCUT2D eigenvalue weighted by atomic mass is 10.2. The van der Waals surface area contributed by atoms with Crippen molar-refractivity contribution >= 4 is 23.1 Å². The average Bonchev–Trinajstić information content (AvgIpc) is 2.95. The van der Waals surface area contributed by atoms with Crippen molar-refractivity contribution in [3.05, 3.63) is 48.4 Å². The van der Waals surface area contributed by atoms with Gasteiger partial charge in [0.05, 0.1) is 0 Å². The molecule has 0 aliphatic heterocycles. The summed E-state index contributed by atoms with van der Waals surface area (Å²) in [6.45, 7) is 0. The number of hydrogen-bond donors (Lipinski definition) is 0. The van der Waals surface area contributed by atoms with Crippen LogP contribution in [-0.2, 0) is 0 Å². The number of fused-ring (bicyclic) bond motifs is 1. The molecule has 0 bridgehead atoms. The van der Waals surface area contributed by atoms with Crippen molar-refractivity contribution in [3.8, 4) is 0 Å². The number of hydrogen-bond acceptors (Lipinski definition) is 4. The number of nitrogens with zero attached hydrogens (tertiary/aromatic N) is 2. The van der Waals surface area contributed by atoms with E-state index in [2.05, 4.69) is 10.2 Å². The van der Waals surface area contributed by atoms with Crippen LogP contribution in [0.4, 0.5) is 0 Å². The molecule has 3 rings (SSSR count). The van der Waals surface area contributed by atoms with Crippen LogP contribution in [0.25, 0.3) is 23.1 Å². The first-order chi connectivity index (χ1) is 7.92. The molecule has 2 heterocycles. The highest BCUT2D eigenvalue weighted by Crippen LogP contribution is 2.20. The second-order valence-corrected chi connectivity index (χ2v) is 3.30. The Morgan fingerprint density at radius 2 is 2.06 bits per heavy atom. The number of benzene rings is 1. The number of para-hydroxylation sites is 1. The summed E-state index contributed by atoms with van der Waals surface area (Å²) in [5.74, 6) is 1.22. The molecule has 4 nitrogen and oxygen atoms in total. The molecular formula is C12H8N2O2. The molecule has 0 saturated heterocycles. The maximum Gasteiger partial charge on any atom is 0.240 e. The van der Waals surface area contributed by atoms with Gasteiger partial charge in [0.2, 0.25) is 12.3 Å². The third-order valence-corrected chi connectivity index (χ3v) is 2.21. The zero-order valence-corrected chi connectivity index (χ0v) is 8.33. The summed E-state index contributed by atoms with van der Waals surface area (Å²) in [6.07, 6.45) is 4.80. The zero-order valence-electron chi connectivity index (χ0n) is 8.33. The van der Waals surface area contributed by atoms with Crippen molar-refractivity contribution in [2.75, 3.05) is 0 Å². The summed E-state index contributed by atoms with van der Waals surface area (Å²) in [7, 11) is 0. The molecule has 4 heteroatoms. The molecule has 0 spiro atoms. The van der Waals surface area contributed by atoms with E-state index in [4.69, 9.17) is 8.83 Å². The largest absolute Gasteiger partial charge is 0.457 e. The molecule has 16 heavy (non-hydrogen) atoms. The quantitative estimate of drug-likeness (QED) is 0.655. The molecule has 0 radical (unpaired) electrons. The van der Waals surface area contributed by atoms with Crippen molar-refractivity contribution in [1.82, 2.24) is 10.2 Å². The van der Waals surface area contributed by atoms with E-state index in [1.807, 2.05) is 30.3 Å². The molecule has 0 atom stereocenters. The first-order valence-corrected chi connectivity index (χ1v) is 4.85. The molecule has 0 unspecified atom stereocenters. The van der Waals surface area contributed by atoms with Gasteiger partial charge in [-0.05, 0) is 18.2 Å². The topological polar surface area (TPSA) is 52.1 Å². The summed E-state index contributed by atoms with van der Waals surface area (Å²) < 4.78 is 10.6. The van der Waals surface area contributed by atoms with E-state index in [1.165, 1.54) is 6.39 Å². The molecule has 2 aromatic heterocycles. The fraction of sp³-hybridized carbons (Fsp3) is 0. The Morgan fingerprint density at radius 3 is 2.88 bits per heavy atom. The van der Waals surface area contributed by atoms with Crippen LogP contribution in [0.3, 0.4) is 0 Å². The molecule has 0 saturated carbocycles. The normalized spacial score (nSPS) is 11.5. The van der Waals surface area contributed by atoms with E-state index in [0.717, 1.165) is 16.7 Å². The summed E-state index contributed by atoms with van der Waals surface area (Å²) in [4.78, 5) is 0. The van der Waals surface area contributed by atoms with E-state index < -0.39 is 0 Å². The van der Waals surface area contributed by atoms with E-state index in [0.29, 0.717) is 5.89 Å². The standard InChI is InChI=1S/C12H8N2O2/c1-2-4-11-9(3-1)7-10(16-11)5-6-12-14-13-8-15-12/h1-8H. The van der Waals surface area contributed by atoms with Crippen LogP contribution in [0.2, 0.25) is 0 Å². The van der Waals surface area contributed by atoms with E-state index >= 15 is 0 Å². The van der Waals surface area contributed by atoms with Crippen molar-refractivity contribution < 1.29 is 8.83 Å². The fourth-order valence-electron chi connectivity index (χ4n) is 1.49. The molecule has 0 aliphatic carbocycles. The van der Waals surface area contributed by atoms with Gasteiger partial charge in [0.25, 0.3) is 0 Å². The van der Waals surface area contributed by atoms with Gasteiger partial charge in [-0.25, -0.2) is 0 Å². The van der Waals surface area contributed by atoms with Gasteiger partial charge >= 0.3 is 0 Å². The second-order valence-electron chi connectivity index (χ2n) is 3.30. The van der Waals surface area contributed by atoms with Crippen molar-refractivity contribution in [2.45, 2.75) is 0 Å². The van der Waals surface area contributed by atoms with Gasteiger partial charge in [-0.3, -0.25) is 0 Å². The van der Waals surface area contributed by atoms with Gasteiger partial charge in [-0.15, -0.1) is 10.2 Å². The highest BCUT2D eigenvalue weighted by Gasteiger charge is 1.99. The third-order valence-electron chi connectivity index (χ3n) is 2.21. The Kier molecular flexibility index (Phi) is 2.04. The maximum atomic E-state index is 5.59. The van der Waals surface area contributed by atoms with Gasteiger partial charge in [-0.2, -0.15) is 0 Å². The highest BCUT2D eigenvalue weighted by atomic mass is 16.4. The summed E-state index contributed by atoms with van der Waals surface area (Å²) in [5.41, 5.74) is 0.868. The van der Waals surface area contributed by atoms with Crippen LogP contribution < -0.4 is 0 Å². The predicted molar refractivity (Wildman–Crippen MR) is 59.4 cm³/mol. The summed E-state index contributed by atoms with van der Waals surface area (Å²) in [6, 6.07) is 9.81. The smallest absolute Gasteiger partial charge is 0.240 e. The Morgan fingerprint density at radius 1 is 1.12 bits per heavy atom. The van der Waals surface area contributed by atoms with E-state index in [1.54, 1.807) is 12.2 Å². The Bertz CT molecular complexity index is 590. The lowest BCUT2D eigenvalue weighted by molar-refractivity contribution is 0.542. The molecule has 0 aliphatic rings. The van der Waals surface area contributed by atoms with Crippen LogP contribution in [0.15, 0.2) is 45.6 Å². The van der Waals surface area contributed by atoms with E-state index in [9.17, 15) is 0 Å². The lowest BCUT2D eigenvalue weighted by Gasteiger charge is -1.83. The minimum Gasteiger partial charge on any atom is -0.457 e. The first kappa shape index (κ1) is 8.91. The summed E-state index contributed by atoms with van der Waals surface area (Å²) >= 11 is 0. The minimum absolute atomic E-state index is 0.459. The molecule has 0 N–H and O–H groups in total. The Hall–Kier alpha value is -2.36. The van der Waals surface area contributed by atoms with Crippen LogP contribution in [-0.4, -0.2) is 10.2 Å². The van der Waals surface area contributed by atoms with Crippen molar-refractivity contribution in [2.24, 2.45) is 0 Å². The van der Waals surface area contributed by atoms with Crippen LogP contribution in [0.1, 0.15) is 11.7 Å². The Labute approximate surface area is 91.2 Å². The summed E-state index contributed by atoms with van der Waals surface area (Å²) in [5, 5.41) is 8.40. The minimum atomic E-state index is 0.459. The SMILES string of the molecule is C(=Cc1nnco1)c1cc2ccccc2o1. The van der Waals surface area contributed by atoms with Crippen LogP contribution >= 0.6 is 0 Å². The van der Waals surface area contributed by atoms with Gasteiger partial charge in [-0.1, -0.05) is 18.2 Å². The average molecular weight is 212 g/mol. The first-order valence-electron chi connectivity index (χ1n) is 4.85. The van der Waals surface area contributed by atoms with Gasteiger partial charge in [0.15, 0.2) is 0 Å². The van der Waals surface area contributed by atoms with Crippen LogP contribution in [0, 0.1) is 0 Å². The van der Waals surface area contributed by atoms with Gasteiger partial charge < -0.3 is 8.83 Å². The number of aromatic nitrogens is 2. The lowest BCUT2D eigenvalue weighted by Crippen LogP contribution is -1.69. The Balaban J connectivity index is 1.95. The molecule has 78 valence electrons. The fourth-order valence-corrected chi connectivity index (χ4v) is 1.49. The van der Waals surface area contributed by atoms with E-state index in [-0.39, 0.29) is 0 Å². The van der Waals surface area contributed by atoms with Crippen LogP contribution in [0.5, 0.6) is 0 Å². The maximum absolute atomic E-state index is 5.59. The third kappa shape index (κ3) is 1.61. The number of furan rings is 1. The number of rotatable bonds is 2.